The van der Waals surface area contributed by atoms with Crippen LogP contribution in [0.15, 0.2) is 72.8 Å². The van der Waals surface area contributed by atoms with E-state index in [1.807, 2.05) is 24.3 Å². The van der Waals surface area contributed by atoms with Gasteiger partial charge in [-0.15, -0.1) is 0 Å². The lowest BCUT2D eigenvalue weighted by atomic mass is 9.87. The largest absolute Gasteiger partial charge is 0.204 e. The Labute approximate surface area is 168 Å². The number of halogens is 4. The van der Waals surface area contributed by atoms with E-state index in [0.717, 1.165) is 22.9 Å². The molecule has 0 spiro atoms. The lowest BCUT2D eigenvalue weighted by Gasteiger charge is -2.17. The van der Waals surface area contributed by atoms with Crippen molar-refractivity contribution in [2.24, 2.45) is 0 Å². The van der Waals surface area contributed by atoms with Gasteiger partial charge in [-0.1, -0.05) is 54.6 Å². The highest BCUT2D eigenvalue weighted by Crippen LogP contribution is 2.45. The Bertz CT molecular complexity index is 1680. The Kier molecular flexibility index (Phi) is 3.40. The number of hydrogen-bond donors (Lipinski definition) is 0. The maximum absolute atomic E-state index is 15.2. The smallest absolute Gasteiger partial charge is 0.167 e. The zero-order chi connectivity index (χ0) is 20.6. The Morgan fingerprint density at radius 3 is 1.53 bits per heavy atom. The number of fused-ring (bicyclic) bond motifs is 11. The molecule has 0 N–H and O–H groups in total. The summed E-state index contributed by atoms with van der Waals surface area (Å²) in [6.07, 6.45) is 0. The van der Waals surface area contributed by atoms with E-state index in [9.17, 15) is 13.2 Å². The normalized spacial score (nSPS) is 12.0. The average molecular weight is 400 g/mol. The molecule has 144 valence electrons. The molecule has 0 aliphatic heterocycles. The molecule has 6 aromatic rings. The molecule has 6 rings (SSSR count). The first kappa shape index (κ1) is 17.2. The average Bonchev–Trinajstić information content (AvgIpc) is 2.77. The van der Waals surface area contributed by atoms with Gasteiger partial charge in [0, 0.05) is 10.8 Å². The van der Waals surface area contributed by atoms with Gasteiger partial charge in [0.15, 0.2) is 23.3 Å². The molecule has 4 heteroatoms. The summed E-state index contributed by atoms with van der Waals surface area (Å²) in [4.78, 5) is 0. The van der Waals surface area contributed by atoms with Gasteiger partial charge >= 0.3 is 0 Å². The Hall–Kier alpha value is -3.66. The Balaban J connectivity index is 2.13. The standard InChI is InChI=1S/C26H12F4/c27-20-10-9-17-13-5-1-3-7-15(13)23-19-12-22(29)21(28)11-18(19)14-6-2-4-8-16(14)24(23)25(17)26(20)30/h1-12H. The van der Waals surface area contributed by atoms with E-state index in [-0.39, 0.29) is 5.39 Å². The third kappa shape index (κ3) is 2.11. The van der Waals surface area contributed by atoms with Crippen molar-refractivity contribution >= 4 is 53.9 Å². The molecule has 0 saturated heterocycles. The molecule has 0 atom stereocenters. The van der Waals surface area contributed by atoms with Crippen LogP contribution in [-0.2, 0) is 0 Å². The molecule has 6 aromatic carbocycles. The third-order valence-corrected chi connectivity index (χ3v) is 5.90. The molecule has 0 aliphatic rings. The van der Waals surface area contributed by atoms with E-state index >= 15 is 4.39 Å². The summed E-state index contributed by atoms with van der Waals surface area (Å²) in [6.45, 7) is 0. The predicted octanol–water partition coefficient (Wildman–Crippen LogP) is 8.01. The molecule has 0 aliphatic carbocycles. The molecule has 0 heterocycles. The van der Waals surface area contributed by atoms with Crippen LogP contribution in [0.4, 0.5) is 17.6 Å². The SMILES string of the molecule is Fc1cc2c3ccccc3c3c4c(F)c(F)ccc4c4ccccc4c3c2cc1F. The molecule has 0 fully saturated rings. The van der Waals surface area contributed by atoms with Gasteiger partial charge in [0.2, 0.25) is 0 Å². The number of hydrogen-bond acceptors (Lipinski definition) is 0. The van der Waals surface area contributed by atoms with E-state index in [2.05, 4.69) is 0 Å². The molecule has 0 unspecified atom stereocenters. The summed E-state index contributed by atoms with van der Waals surface area (Å²) < 4.78 is 58.0. The van der Waals surface area contributed by atoms with Crippen LogP contribution in [0.25, 0.3) is 53.9 Å². The van der Waals surface area contributed by atoms with Gasteiger partial charge < -0.3 is 0 Å². The second kappa shape index (κ2) is 5.92. The van der Waals surface area contributed by atoms with Crippen LogP contribution in [0.2, 0.25) is 0 Å². The minimum Gasteiger partial charge on any atom is -0.204 e. The summed E-state index contributed by atoms with van der Waals surface area (Å²) in [7, 11) is 0. The second-order valence-electron chi connectivity index (χ2n) is 7.44. The van der Waals surface area contributed by atoms with Crippen molar-refractivity contribution in [2.75, 3.05) is 0 Å². The van der Waals surface area contributed by atoms with Gasteiger partial charge in [-0.3, -0.25) is 0 Å². The third-order valence-electron chi connectivity index (χ3n) is 5.90. The van der Waals surface area contributed by atoms with Gasteiger partial charge in [0.05, 0.1) is 0 Å². The lowest BCUT2D eigenvalue weighted by molar-refractivity contribution is 0.511. The van der Waals surface area contributed by atoms with Crippen molar-refractivity contribution in [3.63, 3.8) is 0 Å². The van der Waals surface area contributed by atoms with Crippen LogP contribution in [0.5, 0.6) is 0 Å². The van der Waals surface area contributed by atoms with E-state index in [0.29, 0.717) is 37.7 Å². The van der Waals surface area contributed by atoms with Crippen LogP contribution in [0.3, 0.4) is 0 Å². The van der Waals surface area contributed by atoms with Crippen molar-refractivity contribution in [3.8, 4) is 0 Å². The van der Waals surface area contributed by atoms with Crippen LogP contribution in [0, 0.1) is 23.3 Å². The fraction of sp³-hybridized carbons (Fsp3) is 0. The summed E-state index contributed by atoms with van der Waals surface area (Å²) in [5.74, 6) is -3.83. The van der Waals surface area contributed by atoms with E-state index < -0.39 is 23.3 Å². The zero-order valence-electron chi connectivity index (χ0n) is 15.4. The lowest BCUT2D eigenvalue weighted by Crippen LogP contribution is -1.94. The van der Waals surface area contributed by atoms with Gasteiger partial charge in [-0.05, 0) is 61.3 Å². The van der Waals surface area contributed by atoms with Gasteiger partial charge in [-0.25, -0.2) is 17.6 Å². The monoisotopic (exact) mass is 400 g/mol. The quantitative estimate of drug-likeness (QED) is 0.179. The van der Waals surface area contributed by atoms with Crippen LogP contribution >= 0.6 is 0 Å². The second-order valence-corrected chi connectivity index (χ2v) is 7.44. The minimum absolute atomic E-state index is 0.145. The maximum atomic E-state index is 15.2. The molecular weight excluding hydrogens is 388 g/mol. The molecule has 30 heavy (non-hydrogen) atoms. The fourth-order valence-corrected chi connectivity index (χ4v) is 4.68. The first-order valence-corrected chi connectivity index (χ1v) is 9.48. The fourth-order valence-electron chi connectivity index (χ4n) is 4.68. The van der Waals surface area contributed by atoms with Crippen molar-refractivity contribution in [1.29, 1.82) is 0 Å². The van der Waals surface area contributed by atoms with E-state index in [1.165, 1.54) is 6.07 Å². The van der Waals surface area contributed by atoms with Crippen LogP contribution in [0.1, 0.15) is 0 Å². The molecule has 0 bridgehead atoms. The Morgan fingerprint density at radius 2 is 0.867 bits per heavy atom. The maximum Gasteiger partial charge on any atom is 0.167 e. The molecule has 0 radical (unpaired) electrons. The molecule has 0 nitrogen and oxygen atoms in total. The molecule has 0 saturated carbocycles. The minimum atomic E-state index is -0.983. The van der Waals surface area contributed by atoms with Crippen LogP contribution < -0.4 is 0 Å². The molecule has 0 amide bonds. The van der Waals surface area contributed by atoms with Gasteiger partial charge in [-0.2, -0.15) is 0 Å². The highest BCUT2D eigenvalue weighted by atomic mass is 19.2. The summed E-state index contributed by atoms with van der Waals surface area (Å²) in [5, 5.41) is 5.58. The summed E-state index contributed by atoms with van der Waals surface area (Å²) in [5.41, 5.74) is 0. The highest BCUT2D eigenvalue weighted by molar-refractivity contribution is 6.39. The van der Waals surface area contributed by atoms with Crippen molar-refractivity contribution in [3.05, 3.63) is 96.1 Å². The zero-order valence-corrected chi connectivity index (χ0v) is 15.4. The van der Waals surface area contributed by atoms with Crippen LogP contribution in [-0.4, -0.2) is 0 Å². The first-order chi connectivity index (χ1) is 14.6. The number of benzene rings is 6. The Morgan fingerprint density at radius 1 is 0.367 bits per heavy atom. The van der Waals surface area contributed by atoms with Crippen molar-refractivity contribution in [2.45, 2.75) is 0 Å². The highest BCUT2D eigenvalue weighted by Gasteiger charge is 2.20. The van der Waals surface area contributed by atoms with Crippen molar-refractivity contribution < 1.29 is 17.6 Å². The summed E-state index contributed by atoms with van der Waals surface area (Å²) in [6, 6.07) is 19.5. The van der Waals surface area contributed by atoms with E-state index in [1.54, 1.807) is 30.3 Å². The van der Waals surface area contributed by atoms with Crippen molar-refractivity contribution in [1.82, 2.24) is 0 Å². The van der Waals surface area contributed by atoms with Gasteiger partial charge in [0.25, 0.3) is 0 Å². The molecule has 0 aromatic heterocycles. The topological polar surface area (TPSA) is 0 Å². The number of rotatable bonds is 0. The summed E-state index contributed by atoms with van der Waals surface area (Å²) >= 11 is 0. The molecular formula is C26H12F4. The van der Waals surface area contributed by atoms with E-state index in [4.69, 9.17) is 0 Å². The predicted molar refractivity (Wildman–Crippen MR) is 114 cm³/mol. The van der Waals surface area contributed by atoms with Gasteiger partial charge in [0.1, 0.15) is 0 Å². The first-order valence-electron chi connectivity index (χ1n) is 9.48.